The van der Waals surface area contributed by atoms with Crippen molar-refractivity contribution in [2.24, 2.45) is 0 Å². The number of hydrogen-bond acceptors (Lipinski definition) is 8. The molecule has 0 bridgehead atoms. The molecule has 0 aromatic rings. The van der Waals surface area contributed by atoms with Gasteiger partial charge in [-0.15, -0.1) is 0 Å². The first-order chi connectivity index (χ1) is 30.8. The molecule has 9 nitrogen and oxygen atoms in total. The zero-order valence-corrected chi connectivity index (χ0v) is 39.8. The molecule has 0 aromatic heterocycles. The zero-order valence-electron chi connectivity index (χ0n) is 39.8. The maximum Gasteiger partial charge on any atom is 0.220 e. The summed E-state index contributed by atoms with van der Waals surface area (Å²) < 4.78 is 11.2. The maximum atomic E-state index is 13.0. The van der Waals surface area contributed by atoms with E-state index in [-0.39, 0.29) is 12.5 Å². The average Bonchev–Trinajstić information content (AvgIpc) is 3.28. The van der Waals surface area contributed by atoms with Crippen LogP contribution in [0.25, 0.3) is 0 Å². The van der Waals surface area contributed by atoms with E-state index in [2.05, 4.69) is 104 Å². The van der Waals surface area contributed by atoms with E-state index in [1.54, 1.807) is 0 Å². The van der Waals surface area contributed by atoms with Crippen LogP contribution in [0.3, 0.4) is 0 Å². The molecular weight excluding hydrogens is 791 g/mol. The Hall–Kier alpha value is -2.63. The molecule has 0 aliphatic carbocycles. The van der Waals surface area contributed by atoms with Crippen molar-refractivity contribution >= 4 is 5.91 Å². The molecule has 1 rings (SSSR count). The Bertz CT molecular complexity index is 1260. The lowest BCUT2D eigenvalue weighted by Crippen LogP contribution is -2.60. The Morgan fingerprint density at radius 3 is 1.46 bits per heavy atom. The SMILES string of the molecule is CC/C=C\C/C=C\C/C=C\C/C=C\C/C=C\C/C=C\C/C=C\CCCCCCCCCCCC(=O)NC(COC1OC(CO)C(O)C(O)C1O)C(O)CCCCCCCCCCC. The van der Waals surface area contributed by atoms with Gasteiger partial charge >= 0.3 is 0 Å². The Labute approximate surface area is 384 Å². The molecule has 7 unspecified atom stereocenters. The van der Waals surface area contributed by atoms with Gasteiger partial charge in [0, 0.05) is 6.42 Å². The number of allylic oxidation sites excluding steroid dienone is 14. The van der Waals surface area contributed by atoms with Gasteiger partial charge in [-0.25, -0.2) is 0 Å². The van der Waals surface area contributed by atoms with E-state index in [0.29, 0.717) is 12.8 Å². The molecule has 7 atom stereocenters. The van der Waals surface area contributed by atoms with Gasteiger partial charge in [0.05, 0.1) is 25.4 Å². The number of ether oxygens (including phenoxy) is 2. The molecule has 362 valence electrons. The van der Waals surface area contributed by atoms with Gasteiger partial charge in [-0.2, -0.15) is 0 Å². The first-order valence-electron chi connectivity index (χ1n) is 25.3. The number of rotatable bonds is 41. The lowest BCUT2D eigenvalue weighted by molar-refractivity contribution is -0.302. The molecule has 6 N–H and O–H groups in total. The molecule has 0 spiro atoms. The van der Waals surface area contributed by atoms with Crippen LogP contribution in [0.5, 0.6) is 0 Å². The van der Waals surface area contributed by atoms with Gasteiger partial charge in [0.1, 0.15) is 24.4 Å². The van der Waals surface area contributed by atoms with Crippen LogP contribution in [0, 0.1) is 0 Å². The summed E-state index contributed by atoms with van der Waals surface area (Å²) >= 11 is 0. The van der Waals surface area contributed by atoms with E-state index < -0.39 is 49.5 Å². The van der Waals surface area contributed by atoms with Crippen LogP contribution < -0.4 is 5.32 Å². The van der Waals surface area contributed by atoms with Crippen LogP contribution in [-0.4, -0.2) is 87.5 Å². The van der Waals surface area contributed by atoms with Crippen molar-refractivity contribution < 1.29 is 39.8 Å². The van der Waals surface area contributed by atoms with Crippen molar-refractivity contribution in [2.45, 2.75) is 236 Å². The van der Waals surface area contributed by atoms with Crippen LogP contribution in [0.4, 0.5) is 0 Å². The molecule has 1 aliphatic heterocycles. The molecule has 0 saturated carbocycles. The second kappa shape index (κ2) is 43.3. The molecule has 0 aromatic carbocycles. The van der Waals surface area contributed by atoms with E-state index in [4.69, 9.17) is 9.47 Å². The van der Waals surface area contributed by atoms with Crippen LogP contribution >= 0.6 is 0 Å². The number of nitrogens with one attached hydrogen (secondary N) is 1. The first-order valence-corrected chi connectivity index (χ1v) is 25.3. The molecule has 1 amide bonds. The highest BCUT2D eigenvalue weighted by Gasteiger charge is 2.44. The Morgan fingerprint density at radius 1 is 0.556 bits per heavy atom. The van der Waals surface area contributed by atoms with Crippen molar-refractivity contribution in [3.05, 3.63) is 85.1 Å². The van der Waals surface area contributed by atoms with Crippen molar-refractivity contribution in [1.82, 2.24) is 5.32 Å². The number of carbonyl (C=O) groups is 1. The average molecular weight is 884 g/mol. The highest BCUT2D eigenvalue weighted by Crippen LogP contribution is 2.23. The van der Waals surface area contributed by atoms with Crippen LogP contribution in [0.1, 0.15) is 194 Å². The predicted octanol–water partition coefficient (Wildman–Crippen LogP) is 11.5. The Kier molecular flexibility index (Phi) is 40.1. The van der Waals surface area contributed by atoms with E-state index in [9.17, 15) is 30.3 Å². The molecule has 0 radical (unpaired) electrons. The molecule has 1 aliphatic rings. The number of amides is 1. The van der Waals surface area contributed by atoms with Crippen LogP contribution in [0.2, 0.25) is 0 Å². The van der Waals surface area contributed by atoms with Gasteiger partial charge in [-0.3, -0.25) is 4.79 Å². The third-order valence-corrected chi connectivity index (χ3v) is 11.5. The number of unbranched alkanes of at least 4 members (excludes halogenated alkanes) is 17. The summed E-state index contributed by atoms with van der Waals surface area (Å²) in [5.74, 6) is -0.157. The van der Waals surface area contributed by atoms with Gasteiger partial charge in [0.2, 0.25) is 5.91 Å². The van der Waals surface area contributed by atoms with Crippen molar-refractivity contribution in [3.8, 4) is 0 Å². The minimum Gasteiger partial charge on any atom is -0.394 e. The largest absolute Gasteiger partial charge is 0.394 e. The summed E-state index contributed by atoms with van der Waals surface area (Å²) in [4.78, 5) is 13.0. The number of hydrogen-bond donors (Lipinski definition) is 6. The quantitative estimate of drug-likeness (QED) is 0.0263. The van der Waals surface area contributed by atoms with Crippen molar-refractivity contribution in [3.63, 3.8) is 0 Å². The molecular formula is C54H93NO8. The molecule has 1 fully saturated rings. The molecule has 1 saturated heterocycles. The third kappa shape index (κ3) is 33.5. The van der Waals surface area contributed by atoms with Crippen molar-refractivity contribution in [2.75, 3.05) is 13.2 Å². The van der Waals surface area contributed by atoms with Crippen LogP contribution in [-0.2, 0) is 14.3 Å². The fourth-order valence-electron chi connectivity index (χ4n) is 7.49. The van der Waals surface area contributed by atoms with Gasteiger partial charge in [0.15, 0.2) is 6.29 Å². The lowest BCUT2D eigenvalue weighted by atomic mass is 9.99. The van der Waals surface area contributed by atoms with Crippen molar-refractivity contribution in [1.29, 1.82) is 0 Å². The smallest absolute Gasteiger partial charge is 0.220 e. The summed E-state index contributed by atoms with van der Waals surface area (Å²) in [7, 11) is 0. The fourth-order valence-corrected chi connectivity index (χ4v) is 7.49. The van der Waals surface area contributed by atoms with E-state index >= 15 is 0 Å². The van der Waals surface area contributed by atoms with E-state index in [1.807, 2.05) is 0 Å². The highest BCUT2D eigenvalue weighted by molar-refractivity contribution is 5.76. The minimum atomic E-state index is -1.56. The summed E-state index contributed by atoms with van der Waals surface area (Å²) in [5.41, 5.74) is 0. The number of carbonyl (C=O) groups excluding carboxylic acids is 1. The predicted molar refractivity (Wildman–Crippen MR) is 262 cm³/mol. The van der Waals surface area contributed by atoms with E-state index in [0.717, 1.165) is 89.9 Å². The Balaban J connectivity index is 2.17. The standard InChI is InChI=1S/C54H93NO8/c1-3-5-7-9-11-13-14-15-16-17-18-19-20-21-22-23-24-25-26-27-28-29-30-31-32-33-34-36-38-40-42-44-50(58)55-47(48(57)43-41-39-37-35-12-10-8-6-4-2)46-62-54-53(61)52(60)51(59)49(45-56)63-54/h5,7,11,13,15-16,18-19,21-22,24-25,27-28,47-49,51-54,56-57,59-61H,3-4,6,8-10,12,14,17,20,23,26,29-46H2,1-2H3,(H,55,58)/b7-5-,13-11-,16-15-,19-18-,22-21-,25-24-,28-27-. The first kappa shape index (κ1) is 58.4. The van der Waals surface area contributed by atoms with Crippen LogP contribution in [0.15, 0.2) is 85.1 Å². The monoisotopic (exact) mass is 884 g/mol. The molecule has 63 heavy (non-hydrogen) atoms. The zero-order chi connectivity index (χ0) is 45.9. The topological polar surface area (TPSA) is 149 Å². The van der Waals surface area contributed by atoms with Gasteiger partial charge in [0.25, 0.3) is 0 Å². The fraction of sp³-hybridized carbons (Fsp3) is 0.722. The summed E-state index contributed by atoms with van der Waals surface area (Å²) in [5, 5.41) is 54.3. The Morgan fingerprint density at radius 2 is 0.984 bits per heavy atom. The summed E-state index contributed by atoms with van der Waals surface area (Å²) in [6.07, 6.45) is 53.2. The summed E-state index contributed by atoms with van der Waals surface area (Å²) in [6.45, 7) is 3.67. The van der Waals surface area contributed by atoms with Gasteiger partial charge in [-0.1, -0.05) is 202 Å². The second-order valence-corrected chi connectivity index (χ2v) is 17.2. The normalized spacial score (nSPS) is 20.9. The highest BCUT2D eigenvalue weighted by atomic mass is 16.7. The maximum absolute atomic E-state index is 13.0. The molecule has 1 heterocycles. The van der Waals surface area contributed by atoms with Gasteiger partial charge in [-0.05, 0) is 70.6 Å². The number of aliphatic hydroxyl groups excluding tert-OH is 5. The molecule has 9 heteroatoms. The van der Waals surface area contributed by atoms with E-state index in [1.165, 1.54) is 77.0 Å². The summed E-state index contributed by atoms with van der Waals surface area (Å²) in [6, 6.07) is -0.725. The lowest BCUT2D eigenvalue weighted by Gasteiger charge is -2.40. The minimum absolute atomic E-state index is 0.145. The second-order valence-electron chi connectivity index (χ2n) is 17.2. The van der Waals surface area contributed by atoms with Gasteiger partial charge < -0.3 is 40.3 Å². The third-order valence-electron chi connectivity index (χ3n) is 11.5. The number of aliphatic hydroxyl groups is 5.